The van der Waals surface area contributed by atoms with E-state index in [-0.39, 0.29) is 11.9 Å². The first-order valence-corrected chi connectivity index (χ1v) is 9.11. The highest BCUT2D eigenvalue weighted by Gasteiger charge is 2.53. The maximum atomic E-state index is 13.0. The lowest BCUT2D eigenvalue weighted by molar-refractivity contribution is -0.149. The molecule has 5 nitrogen and oxygen atoms in total. The molecule has 3 aromatic carbocycles. The van der Waals surface area contributed by atoms with Crippen molar-refractivity contribution in [2.75, 3.05) is 12.0 Å². The van der Waals surface area contributed by atoms with E-state index in [4.69, 9.17) is 9.47 Å². The van der Waals surface area contributed by atoms with Crippen molar-refractivity contribution in [3.63, 3.8) is 0 Å². The van der Waals surface area contributed by atoms with Gasteiger partial charge in [-0.15, -0.1) is 0 Å². The molecule has 4 rings (SSSR count). The number of anilines is 1. The number of rotatable bonds is 6. The first-order valence-electron chi connectivity index (χ1n) is 9.11. The van der Waals surface area contributed by atoms with E-state index < -0.39 is 12.2 Å². The number of hydrogen-bond acceptors (Lipinski definition) is 4. The summed E-state index contributed by atoms with van der Waals surface area (Å²) in [4.78, 5) is 14.7. The van der Waals surface area contributed by atoms with Crippen LogP contribution >= 0.6 is 0 Å². The van der Waals surface area contributed by atoms with Gasteiger partial charge in [0.15, 0.2) is 0 Å². The summed E-state index contributed by atoms with van der Waals surface area (Å²) in [5, 5.41) is 10.7. The molecule has 1 aliphatic heterocycles. The monoisotopic (exact) mass is 375 g/mol. The Bertz CT molecular complexity index is 928. The Kier molecular flexibility index (Phi) is 5.00. The maximum Gasteiger partial charge on any atom is 0.239 e. The molecule has 142 valence electrons. The van der Waals surface area contributed by atoms with E-state index in [1.807, 2.05) is 72.8 Å². The van der Waals surface area contributed by atoms with E-state index in [0.717, 1.165) is 17.0 Å². The standard InChI is InChI=1S/C23H21NO4/c1-27-18-14-12-16(13-15-18)21-20(23(26)28-19-10-6-3-7-11-19)22(25)24(21)17-8-4-2-5-9-17/h2-15,20-21,23,26H,1H3/t20?,21?,23-/m1/s1. The molecule has 0 bridgehead atoms. The minimum Gasteiger partial charge on any atom is -0.497 e. The summed E-state index contributed by atoms with van der Waals surface area (Å²) in [7, 11) is 1.61. The molecule has 1 fully saturated rings. The molecule has 1 heterocycles. The summed E-state index contributed by atoms with van der Waals surface area (Å²) < 4.78 is 10.9. The van der Waals surface area contributed by atoms with Gasteiger partial charge in [-0.2, -0.15) is 0 Å². The molecule has 2 unspecified atom stereocenters. The highest BCUT2D eigenvalue weighted by molar-refractivity contribution is 6.03. The molecule has 28 heavy (non-hydrogen) atoms. The fraction of sp³-hybridized carbons (Fsp3) is 0.174. The summed E-state index contributed by atoms with van der Waals surface area (Å²) in [6, 6.07) is 25.6. The number of carbonyl (C=O) groups is 1. The first kappa shape index (κ1) is 18.1. The molecule has 0 aliphatic carbocycles. The third kappa shape index (κ3) is 3.32. The Hall–Kier alpha value is -3.31. The van der Waals surface area contributed by atoms with Crippen molar-refractivity contribution in [1.29, 1.82) is 0 Å². The molecule has 3 aromatic rings. The zero-order chi connectivity index (χ0) is 19.5. The van der Waals surface area contributed by atoms with Gasteiger partial charge in [0.1, 0.15) is 17.4 Å². The number of ether oxygens (including phenoxy) is 2. The summed E-state index contributed by atoms with van der Waals surface area (Å²) in [5.74, 6) is 0.386. The molecular formula is C23H21NO4. The van der Waals surface area contributed by atoms with Gasteiger partial charge in [0, 0.05) is 5.69 Å². The fourth-order valence-corrected chi connectivity index (χ4v) is 3.53. The van der Waals surface area contributed by atoms with Crippen LogP contribution in [0.2, 0.25) is 0 Å². The second kappa shape index (κ2) is 7.74. The number of hydrogen-bond donors (Lipinski definition) is 1. The number of carbonyl (C=O) groups excluding carboxylic acids is 1. The Morgan fingerprint density at radius 3 is 2.07 bits per heavy atom. The highest BCUT2D eigenvalue weighted by atomic mass is 16.6. The minimum atomic E-state index is -1.25. The molecule has 0 radical (unpaired) electrons. The van der Waals surface area contributed by atoms with E-state index in [1.165, 1.54) is 0 Å². The SMILES string of the molecule is COc1ccc(C2C([C@H](O)Oc3ccccc3)C(=O)N2c2ccccc2)cc1. The average Bonchev–Trinajstić information content (AvgIpc) is 2.73. The van der Waals surface area contributed by atoms with Gasteiger partial charge in [-0.1, -0.05) is 48.5 Å². The van der Waals surface area contributed by atoms with Crippen LogP contribution < -0.4 is 14.4 Å². The maximum absolute atomic E-state index is 13.0. The molecule has 0 spiro atoms. The molecular weight excluding hydrogens is 354 g/mol. The van der Waals surface area contributed by atoms with Crippen LogP contribution in [0.5, 0.6) is 11.5 Å². The van der Waals surface area contributed by atoms with E-state index in [0.29, 0.717) is 5.75 Å². The zero-order valence-corrected chi connectivity index (χ0v) is 15.4. The lowest BCUT2D eigenvalue weighted by Crippen LogP contribution is -2.60. The van der Waals surface area contributed by atoms with Gasteiger partial charge in [-0.3, -0.25) is 4.79 Å². The Morgan fingerprint density at radius 2 is 1.46 bits per heavy atom. The van der Waals surface area contributed by atoms with E-state index >= 15 is 0 Å². The Labute approximate surface area is 163 Å². The predicted octanol–water partition coefficient (Wildman–Crippen LogP) is 3.80. The molecule has 1 aliphatic rings. The summed E-state index contributed by atoms with van der Waals surface area (Å²) in [5.41, 5.74) is 1.70. The summed E-state index contributed by atoms with van der Waals surface area (Å²) >= 11 is 0. The molecule has 1 saturated heterocycles. The van der Waals surface area contributed by atoms with Crippen LogP contribution in [0.15, 0.2) is 84.9 Å². The van der Waals surface area contributed by atoms with Crippen molar-refractivity contribution < 1.29 is 19.4 Å². The molecule has 1 N–H and O–H groups in total. The van der Waals surface area contributed by atoms with Crippen LogP contribution in [0.25, 0.3) is 0 Å². The van der Waals surface area contributed by atoms with Crippen LogP contribution in [0, 0.1) is 5.92 Å². The highest BCUT2D eigenvalue weighted by Crippen LogP contribution is 2.45. The van der Waals surface area contributed by atoms with Crippen LogP contribution in [0.3, 0.4) is 0 Å². The number of β-lactam (4-membered cyclic amide) rings is 1. The lowest BCUT2D eigenvalue weighted by Gasteiger charge is -2.48. The van der Waals surface area contributed by atoms with Gasteiger partial charge in [0.2, 0.25) is 12.2 Å². The molecule has 5 heteroatoms. The van der Waals surface area contributed by atoms with Gasteiger partial charge in [-0.05, 0) is 42.0 Å². The van der Waals surface area contributed by atoms with Crippen molar-refractivity contribution in [2.45, 2.75) is 12.3 Å². The van der Waals surface area contributed by atoms with Gasteiger partial charge in [-0.25, -0.2) is 0 Å². The van der Waals surface area contributed by atoms with Crippen molar-refractivity contribution in [3.8, 4) is 11.5 Å². The number of nitrogens with zero attached hydrogens (tertiary/aromatic N) is 1. The normalized spacial score (nSPS) is 19.6. The largest absolute Gasteiger partial charge is 0.497 e. The van der Waals surface area contributed by atoms with E-state index in [2.05, 4.69) is 0 Å². The quantitative estimate of drug-likeness (QED) is 0.526. The minimum absolute atomic E-state index is 0.171. The zero-order valence-electron chi connectivity index (χ0n) is 15.4. The number of amides is 1. The van der Waals surface area contributed by atoms with Crippen LogP contribution in [-0.4, -0.2) is 24.4 Å². The van der Waals surface area contributed by atoms with Gasteiger partial charge >= 0.3 is 0 Å². The Balaban J connectivity index is 1.65. The molecule has 1 amide bonds. The summed E-state index contributed by atoms with van der Waals surface area (Å²) in [6.07, 6.45) is -1.25. The third-order valence-corrected chi connectivity index (χ3v) is 4.94. The molecule has 3 atom stereocenters. The van der Waals surface area contributed by atoms with Crippen molar-refractivity contribution in [1.82, 2.24) is 0 Å². The number of methoxy groups -OCH3 is 1. The second-order valence-corrected chi connectivity index (χ2v) is 6.61. The van der Waals surface area contributed by atoms with E-state index in [1.54, 1.807) is 24.1 Å². The van der Waals surface area contributed by atoms with Crippen molar-refractivity contribution in [2.24, 2.45) is 5.92 Å². The Morgan fingerprint density at radius 1 is 0.857 bits per heavy atom. The van der Waals surface area contributed by atoms with Crippen molar-refractivity contribution in [3.05, 3.63) is 90.5 Å². The average molecular weight is 375 g/mol. The number of aliphatic hydroxyl groups excluding tert-OH is 1. The summed E-state index contributed by atoms with van der Waals surface area (Å²) in [6.45, 7) is 0. The topological polar surface area (TPSA) is 59.0 Å². The van der Waals surface area contributed by atoms with Gasteiger partial charge < -0.3 is 19.5 Å². The predicted molar refractivity (Wildman–Crippen MR) is 106 cm³/mol. The van der Waals surface area contributed by atoms with Crippen LogP contribution in [-0.2, 0) is 4.79 Å². The van der Waals surface area contributed by atoms with Gasteiger partial charge in [0.05, 0.1) is 13.2 Å². The number of benzene rings is 3. The van der Waals surface area contributed by atoms with E-state index in [9.17, 15) is 9.90 Å². The third-order valence-electron chi connectivity index (χ3n) is 4.94. The fourth-order valence-electron chi connectivity index (χ4n) is 3.53. The lowest BCUT2D eigenvalue weighted by atomic mass is 9.81. The first-order chi connectivity index (χ1) is 13.7. The van der Waals surface area contributed by atoms with Gasteiger partial charge in [0.25, 0.3) is 0 Å². The van der Waals surface area contributed by atoms with Crippen LogP contribution in [0.1, 0.15) is 11.6 Å². The number of para-hydroxylation sites is 2. The van der Waals surface area contributed by atoms with Crippen LogP contribution in [0.4, 0.5) is 5.69 Å². The molecule has 0 aromatic heterocycles. The smallest absolute Gasteiger partial charge is 0.239 e. The number of aliphatic hydroxyl groups is 1. The van der Waals surface area contributed by atoms with Crippen molar-refractivity contribution >= 4 is 11.6 Å². The molecule has 0 saturated carbocycles. The second-order valence-electron chi connectivity index (χ2n) is 6.61.